The quantitative estimate of drug-likeness (QED) is 0.553. The molecule has 10 heteroatoms. The summed E-state index contributed by atoms with van der Waals surface area (Å²) in [6, 6.07) is 7.84. The van der Waals surface area contributed by atoms with E-state index < -0.39 is 12.2 Å². The Morgan fingerprint density at radius 1 is 1.34 bits per heavy atom. The van der Waals surface area contributed by atoms with Crippen LogP contribution in [0.1, 0.15) is 35.5 Å². The number of Topliss-reactive ketones (excluding diaryl/α,β-unsaturated/α-hetero) is 1. The van der Waals surface area contributed by atoms with Crippen molar-refractivity contribution in [3.05, 3.63) is 50.9 Å². The minimum absolute atomic E-state index is 0.0958. The molecule has 3 rings (SSSR count). The van der Waals surface area contributed by atoms with Crippen LogP contribution in [-0.2, 0) is 14.3 Å². The maximum atomic E-state index is 13.7. The number of cyclic esters (lactones) is 1. The number of thiophene rings is 1. The Morgan fingerprint density at radius 2 is 2.09 bits per heavy atom. The first-order chi connectivity index (χ1) is 15.2. The Bertz CT molecular complexity index is 952. The standard InChI is InChI=1S/C16H14ClFN2O3S.C6H12O2/c1-9-2-3-10(6-12(9)18)20-8-11(23-16(20)22)7-19-15(21)13-4-5-14(17)24-13;1-3-4-8-5-6(2)7/h2-6,11H,7-8H2,1H3,(H,19,21);3-5H2,1-2H3. The van der Waals surface area contributed by atoms with Gasteiger partial charge in [-0.1, -0.05) is 24.6 Å². The number of anilines is 1. The summed E-state index contributed by atoms with van der Waals surface area (Å²) in [6.07, 6.45) is -0.0780. The highest BCUT2D eigenvalue weighted by atomic mass is 35.5. The predicted octanol–water partition coefficient (Wildman–Crippen LogP) is 4.61. The summed E-state index contributed by atoms with van der Waals surface area (Å²) >= 11 is 6.97. The lowest BCUT2D eigenvalue weighted by Crippen LogP contribution is -2.34. The normalized spacial score (nSPS) is 15.1. The number of nitrogens with one attached hydrogen (secondary N) is 1. The second-order valence-electron chi connectivity index (χ2n) is 7.12. The van der Waals surface area contributed by atoms with Gasteiger partial charge in [0, 0.05) is 6.61 Å². The summed E-state index contributed by atoms with van der Waals surface area (Å²) in [6.45, 7) is 6.57. The van der Waals surface area contributed by atoms with Crippen molar-refractivity contribution in [1.82, 2.24) is 5.32 Å². The van der Waals surface area contributed by atoms with Crippen LogP contribution in [0.25, 0.3) is 0 Å². The van der Waals surface area contributed by atoms with Crippen molar-refractivity contribution >= 4 is 46.4 Å². The van der Waals surface area contributed by atoms with Gasteiger partial charge >= 0.3 is 6.09 Å². The number of carbonyl (C=O) groups is 3. The molecule has 2 aromatic rings. The molecule has 1 aromatic heterocycles. The van der Waals surface area contributed by atoms with Crippen LogP contribution in [0.15, 0.2) is 30.3 Å². The van der Waals surface area contributed by atoms with Gasteiger partial charge in [-0.05, 0) is 50.1 Å². The maximum absolute atomic E-state index is 13.7. The van der Waals surface area contributed by atoms with Crippen LogP contribution in [0.2, 0.25) is 4.34 Å². The van der Waals surface area contributed by atoms with Gasteiger partial charge in [0.15, 0.2) is 5.78 Å². The highest BCUT2D eigenvalue weighted by Gasteiger charge is 2.32. The first-order valence-corrected chi connectivity index (χ1v) is 11.3. The summed E-state index contributed by atoms with van der Waals surface area (Å²) < 4.78 is 24.3. The number of rotatable bonds is 8. The first kappa shape index (κ1) is 25.8. The van der Waals surface area contributed by atoms with Gasteiger partial charge in [-0.15, -0.1) is 11.3 Å². The zero-order chi connectivity index (χ0) is 23.7. The summed E-state index contributed by atoms with van der Waals surface area (Å²) in [5.74, 6) is -0.562. The van der Waals surface area contributed by atoms with E-state index in [1.165, 1.54) is 29.2 Å². The van der Waals surface area contributed by atoms with Crippen molar-refractivity contribution in [2.75, 3.05) is 31.2 Å². The highest BCUT2D eigenvalue weighted by Crippen LogP contribution is 2.24. The Morgan fingerprint density at radius 3 is 2.69 bits per heavy atom. The van der Waals surface area contributed by atoms with Gasteiger partial charge in [0.25, 0.3) is 5.91 Å². The Hall–Kier alpha value is -2.49. The van der Waals surface area contributed by atoms with E-state index in [0.717, 1.165) is 6.42 Å². The van der Waals surface area contributed by atoms with E-state index >= 15 is 0 Å². The molecule has 174 valence electrons. The van der Waals surface area contributed by atoms with Gasteiger partial charge in [-0.25, -0.2) is 9.18 Å². The number of benzene rings is 1. The average molecular weight is 485 g/mol. The van der Waals surface area contributed by atoms with E-state index in [4.69, 9.17) is 21.1 Å². The van der Waals surface area contributed by atoms with Crippen LogP contribution in [0, 0.1) is 12.7 Å². The van der Waals surface area contributed by atoms with Crippen LogP contribution in [0.5, 0.6) is 0 Å². The van der Waals surface area contributed by atoms with Crippen molar-refractivity contribution in [2.45, 2.75) is 33.3 Å². The third-order valence-electron chi connectivity index (χ3n) is 4.28. The second kappa shape index (κ2) is 12.5. The number of amides is 2. The zero-order valence-corrected chi connectivity index (χ0v) is 19.7. The number of nitrogens with zero attached hydrogens (tertiary/aromatic N) is 1. The third kappa shape index (κ3) is 7.89. The van der Waals surface area contributed by atoms with E-state index in [1.54, 1.807) is 31.2 Å². The minimum atomic E-state index is -0.559. The van der Waals surface area contributed by atoms with Crippen molar-refractivity contribution in [3.8, 4) is 0 Å². The summed E-state index contributed by atoms with van der Waals surface area (Å²) in [7, 11) is 0. The molecule has 1 atom stereocenters. The Kier molecular flexibility index (Phi) is 10.1. The van der Waals surface area contributed by atoms with E-state index in [0.29, 0.717) is 27.1 Å². The number of ketones is 1. The molecule has 7 nitrogen and oxygen atoms in total. The van der Waals surface area contributed by atoms with Crippen molar-refractivity contribution < 1.29 is 28.2 Å². The number of carbonyl (C=O) groups excluding carboxylic acids is 3. The SMILES string of the molecule is CCCOCC(C)=O.Cc1ccc(N2CC(CNC(=O)c3ccc(Cl)s3)OC2=O)cc1F. The van der Waals surface area contributed by atoms with Crippen molar-refractivity contribution in [2.24, 2.45) is 0 Å². The first-order valence-electron chi connectivity index (χ1n) is 10.1. The monoisotopic (exact) mass is 484 g/mol. The van der Waals surface area contributed by atoms with E-state index in [1.807, 2.05) is 6.92 Å². The second-order valence-corrected chi connectivity index (χ2v) is 8.83. The molecule has 0 radical (unpaired) electrons. The third-order valence-corrected chi connectivity index (χ3v) is 5.51. The zero-order valence-electron chi connectivity index (χ0n) is 18.2. The summed E-state index contributed by atoms with van der Waals surface area (Å²) in [5, 5.41) is 2.70. The van der Waals surface area contributed by atoms with E-state index in [-0.39, 0.29) is 37.2 Å². The fourth-order valence-electron chi connectivity index (χ4n) is 2.68. The van der Waals surface area contributed by atoms with Gasteiger partial charge in [0.05, 0.1) is 28.0 Å². The molecule has 1 N–H and O–H groups in total. The smallest absolute Gasteiger partial charge is 0.414 e. The number of hydrogen-bond acceptors (Lipinski definition) is 6. The molecule has 2 heterocycles. The van der Waals surface area contributed by atoms with E-state index in [2.05, 4.69) is 5.32 Å². The fourth-order valence-corrected chi connectivity index (χ4v) is 3.64. The molecule has 1 aliphatic rings. The van der Waals surface area contributed by atoms with Crippen molar-refractivity contribution in [1.29, 1.82) is 0 Å². The van der Waals surface area contributed by atoms with Crippen LogP contribution in [0.3, 0.4) is 0 Å². The van der Waals surface area contributed by atoms with Crippen LogP contribution in [0.4, 0.5) is 14.9 Å². The molecule has 1 aliphatic heterocycles. The van der Waals surface area contributed by atoms with Gasteiger partial charge in [-0.2, -0.15) is 0 Å². The molecule has 32 heavy (non-hydrogen) atoms. The number of halogens is 2. The molecule has 0 saturated carbocycles. The summed E-state index contributed by atoms with van der Waals surface area (Å²) in [5.41, 5.74) is 0.937. The van der Waals surface area contributed by atoms with E-state index in [9.17, 15) is 18.8 Å². The number of ether oxygens (including phenoxy) is 2. The minimum Gasteiger partial charge on any atom is -0.442 e. The Balaban J connectivity index is 0.000000390. The van der Waals surface area contributed by atoms with Gasteiger partial charge in [-0.3, -0.25) is 14.5 Å². The molecule has 2 amide bonds. The van der Waals surface area contributed by atoms with Gasteiger partial charge < -0.3 is 14.8 Å². The Labute approximate surface area is 195 Å². The largest absolute Gasteiger partial charge is 0.442 e. The van der Waals surface area contributed by atoms with Crippen LogP contribution < -0.4 is 10.2 Å². The molecule has 1 unspecified atom stereocenters. The summed E-state index contributed by atoms with van der Waals surface area (Å²) in [4.78, 5) is 35.9. The van der Waals surface area contributed by atoms with Crippen LogP contribution in [-0.4, -0.2) is 50.2 Å². The highest BCUT2D eigenvalue weighted by molar-refractivity contribution is 7.18. The lowest BCUT2D eigenvalue weighted by molar-refractivity contribution is -0.121. The molecule has 1 saturated heterocycles. The average Bonchev–Trinajstić information content (AvgIpc) is 3.34. The number of aryl methyl sites for hydroxylation is 1. The molecule has 1 aromatic carbocycles. The van der Waals surface area contributed by atoms with Gasteiger partial charge in [0.2, 0.25) is 0 Å². The molecule has 0 aliphatic carbocycles. The number of hydrogen-bond donors (Lipinski definition) is 1. The molecule has 0 spiro atoms. The topological polar surface area (TPSA) is 84.9 Å². The molecular weight excluding hydrogens is 459 g/mol. The predicted molar refractivity (Wildman–Crippen MR) is 122 cm³/mol. The lowest BCUT2D eigenvalue weighted by atomic mass is 10.2. The lowest BCUT2D eigenvalue weighted by Gasteiger charge is -2.13. The molecule has 1 fully saturated rings. The van der Waals surface area contributed by atoms with Crippen LogP contribution >= 0.6 is 22.9 Å². The fraction of sp³-hybridized carbons (Fsp3) is 0.409. The van der Waals surface area contributed by atoms with Crippen molar-refractivity contribution in [3.63, 3.8) is 0 Å². The molecular formula is C22H26ClFN2O5S. The maximum Gasteiger partial charge on any atom is 0.414 e. The van der Waals surface area contributed by atoms with Gasteiger partial charge in [0.1, 0.15) is 18.5 Å². The molecule has 0 bridgehead atoms.